The first-order valence-electron chi connectivity index (χ1n) is 6.76. The van der Waals surface area contributed by atoms with E-state index in [9.17, 15) is 0 Å². The average molecular weight is 255 g/mol. The van der Waals surface area contributed by atoms with Crippen LogP contribution in [-0.4, -0.2) is 6.61 Å². The molecule has 0 aliphatic heterocycles. The van der Waals surface area contributed by atoms with Gasteiger partial charge in [-0.2, -0.15) is 0 Å². The van der Waals surface area contributed by atoms with Crippen LogP contribution in [0.4, 0.5) is 0 Å². The Hall–Kier alpha value is -1.80. The van der Waals surface area contributed by atoms with Gasteiger partial charge in [-0.25, -0.2) is 0 Å². The molecule has 0 spiro atoms. The van der Waals surface area contributed by atoms with Crippen LogP contribution in [0.15, 0.2) is 48.5 Å². The molecule has 100 valence electrons. The van der Waals surface area contributed by atoms with Crippen molar-refractivity contribution in [3.8, 4) is 5.75 Å². The van der Waals surface area contributed by atoms with Crippen molar-refractivity contribution in [2.75, 3.05) is 6.61 Å². The number of nitrogens with two attached hydrogens (primary N) is 1. The molecule has 0 bridgehead atoms. The highest BCUT2D eigenvalue weighted by Gasteiger charge is 2.01. The molecule has 0 aromatic heterocycles. The van der Waals surface area contributed by atoms with Gasteiger partial charge in [0.25, 0.3) is 0 Å². The summed E-state index contributed by atoms with van der Waals surface area (Å²) in [7, 11) is 0. The van der Waals surface area contributed by atoms with Gasteiger partial charge in [-0.15, -0.1) is 0 Å². The van der Waals surface area contributed by atoms with Crippen molar-refractivity contribution in [3.05, 3.63) is 65.2 Å². The maximum Gasteiger partial charge on any atom is 0.122 e. The van der Waals surface area contributed by atoms with Gasteiger partial charge in [-0.3, -0.25) is 0 Å². The van der Waals surface area contributed by atoms with Gasteiger partial charge in [0.1, 0.15) is 5.75 Å². The summed E-state index contributed by atoms with van der Waals surface area (Å²) in [6.45, 7) is 3.36. The summed E-state index contributed by atoms with van der Waals surface area (Å²) in [4.78, 5) is 0. The average Bonchev–Trinajstić information content (AvgIpc) is 2.46. The molecule has 2 heteroatoms. The van der Waals surface area contributed by atoms with Crippen molar-refractivity contribution in [1.82, 2.24) is 0 Å². The fourth-order valence-corrected chi connectivity index (χ4v) is 2.03. The van der Waals surface area contributed by atoms with Gasteiger partial charge >= 0.3 is 0 Å². The summed E-state index contributed by atoms with van der Waals surface area (Å²) in [6.07, 6.45) is 2.08. The molecule has 0 unspecified atom stereocenters. The highest BCUT2D eigenvalue weighted by atomic mass is 16.5. The van der Waals surface area contributed by atoms with Crippen LogP contribution in [0.1, 0.15) is 23.1 Å². The molecule has 2 nitrogen and oxygen atoms in total. The number of aryl methyl sites for hydroxylation is 2. The Bertz CT molecular complexity index is 508. The molecule has 0 heterocycles. The fraction of sp³-hybridized carbons (Fsp3) is 0.294. The van der Waals surface area contributed by atoms with E-state index in [0.717, 1.165) is 36.3 Å². The van der Waals surface area contributed by atoms with Crippen LogP contribution in [0.3, 0.4) is 0 Å². The predicted octanol–water partition coefficient (Wildman–Crippen LogP) is 3.47. The van der Waals surface area contributed by atoms with Gasteiger partial charge in [-0.05, 0) is 42.5 Å². The first-order valence-corrected chi connectivity index (χ1v) is 6.76. The number of hydrogen-bond acceptors (Lipinski definition) is 2. The summed E-state index contributed by atoms with van der Waals surface area (Å²) in [5.74, 6) is 0.955. The zero-order valence-electron chi connectivity index (χ0n) is 11.4. The Balaban J connectivity index is 1.82. The van der Waals surface area contributed by atoms with Crippen molar-refractivity contribution in [1.29, 1.82) is 0 Å². The third-order valence-corrected chi connectivity index (χ3v) is 3.20. The van der Waals surface area contributed by atoms with Crippen LogP contribution in [0.25, 0.3) is 0 Å². The van der Waals surface area contributed by atoms with E-state index in [1.54, 1.807) is 0 Å². The zero-order valence-corrected chi connectivity index (χ0v) is 11.4. The Labute approximate surface area is 115 Å². The van der Waals surface area contributed by atoms with Crippen molar-refractivity contribution in [3.63, 3.8) is 0 Å². The Morgan fingerprint density at radius 2 is 1.79 bits per heavy atom. The predicted molar refractivity (Wildman–Crippen MR) is 79.3 cm³/mol. The molecule has 2 N–H and O–H groups in total. The zero-order chi connectivity index (χ0) is 13.5. The minimum Gasteiger partial charge on any atom is -0.493 e. The SMILES string of the molecule is Cc1ccc(CN)cc1OCCCc1ccccc1. The quantitative estimate of drug-likeness (QED) is 0.802. The Morgan fingerprint density at radius 3 is 2.53 bits per heavy atom. The largest absolute Gasteiger partial charge is 0.493 e. The molecular formula is C17H21NO. The van der Waals surface area contributed by atoms with Crippen LogP contribution in [-0.2, 0) is 13.0 Å². The summed E-state index contributed by atoms with van der Waals surface area (Å²) in [5, 5.41) is 0. The van der Waals surface area contributed by atoms with Crippen LogP contribution in [0.5, 0.6) is 5.75 Å². The van der Waals surface area contributed by atoms with E-state index in [-0.39, 0.29) is 0 Å². The van der Waals surface area contributed by atoms with E-state index in [4.69, 9.17) is 10.5 Å². The number of hydrogen-bond donors (Lipinski definition) is 1. The highest BCUT2D eigenvalue weighted by molar-refractivity contribution is 5.36. The van der Waals surface area contributed by atoms with E-state index in [2.05, 4.69) is 37.3 Å². The fourth-order valence-electron chi connectivity index (χ4n) is 2.03. The molecule has 0 radical (unpaired) electrons. The lowest BCUT2D eigenvalue weighted by Crippen LogP contribution is -2.02. The van der Waals surface area contributed by atoms with Gasteiger partial charge in [0.05, 0.1) is 6.61 Å². The van der Waals surface area contributed by atoms with Crippen molar-refractivity contribution in [2.45, 2.75) is 26.3 Å². The lowest BCUT2D eigenvalue weighted by Gasteiger charge is -2.10. The Morgan fingerprint density at radius 1 is 1.00 bits per heavy atom. The molecule has 0 aliphatic rings. The summed E-state index contributed by atoms with van der Waals surface area (Å²) in [5.41, 5.74) is 9.28. The molecule has 19 heavy (non-hydrogen) atoms. The van der Waals surface area contributed by atoms with Crippen LogP contribution in [0.2, 0.25) is 0 Å². The van der Waals surface area contributed by atoms with E-state index in [0.29, 0.717) is 6.54 Å². The topological polar surface area (TPSA) is 35.2 Å². The van der Waals surface area contributed by atoms with E-state index >= 15 is 0 Å². The molecule has 2 aromatic carbocycles. The second-order valence-electron chi connectivity index (χ2n) is 4.74. The maximum atomic E-state index is 5.85. The lowest BCUT2D eigenvalue weighted by atomic mass is 10.1. The van der Waals surface area contributed by atoms with Gasteiger partial charge in [0.15, 0.2) is 0 Å². The van der Waals surface area contributed by atoms with Crippen molar-refractivity contribution in [2.24, 2.45) is 5.73 Å². The molecule has 0 aliphatic carbocycles. The summed E-state index contributed by atoms with van der Waals surface area (Å²) in [6, 6.07) is 16.6. The maximum absolute atomic E-state index is 5.85. The molecule has 0 saturated heterocycles. The first-order chi connectivity index (χ1) is 9.29. The molecule has 0 atom stereocenters. The van der Waals surface area contributed by atoms with Crippen molar-refractivity contribution < 1.29 is 4.74 Å². The second-order valence-corrected chi connectivity index (χ2v) is 4.74. The summed E-state index contributed by atoms with van der Waals surface area (Å²) >= 11 is 0. The summed E-state index contributed by atoms with van der Waals surface area (Å²) < 4.78 is 5.85. The van der Waals surface area contributed by atoms with Crippen LogP contribution in [0, 0.1) is 6.92 Å². The van der Waals surface area contributed by atoms with Gasteiger partial charge in [-0.1, -0.05) is 42.5 Å². The number of ether oxygens (including phenoxy) is 1. The van der Waals surface area contributed by atoms with Gasteiger partial charge in [0.2, 0.25) is 0 Å². The normalized spacial score (nSPS) is 10.4. The standard InChI is InChI=1S/C17H21NO/c1-14-9-10-16(13-18)12-17(14)19-11-5-8-15-6-3-2-4-7-15/h2-4,6-7,9-10,12H,5,8,11,13,18H2,1H3. The molecule has 2 aromatic rings. The van der Waals surface area contributed by atoms with Crippen molar-refractivity contribution >= 4 is 0 Å². The minimum absolute atomic E-state index is 0.556. The monoisotopic (exact) mass is 255 g/mol. The molecule has 2 rings (SSSR count). The lowest BCUT2D eigenvalue weighted by molar-refractivity contribution is 0.308. The number of benzene rings is 2. The Kier molecular flexibility index (Phi) is 4.99. The molecule has 0 saturated carbocycles. The third-order valence-electron chi connectivity index (χ3n) is 3.20. The van der Waals surface area contributed by atoms with Gasteiger partial charge < -0.3 is 10.5 Å². The highest BCUT2D eigenvalue weighted by Crippen LogP contribution is 2.19. The third kappa shape index (κ3) is 4.11. The van der Waals surface area contributed by atoms with E-state index < -0.39 is 0 Å². The minimum atomic E-state index is 0.556. The van der Waals surface area contributed by atoms with E-state index in [1.807, 2.05) is 18.2 Å². The first kappa shape index (κ1) is 13.6. The van der Waals surface area contributed by atoms with E-state index in [1.165, 1.54) is 5.56 Å². The smallest absolute Gasteiger partial charge is 0.122 e. The van der Waals surface area contributed by atoms with Gasteiger partial charge in [0, 0.05) is 6.54 Å². The molecule has 0 amide bonds. The molecule has 0 fully saturated rings. The number of rotatable bonds is 6. The van der Waals surface area contributed by atoms with Crippen LogP contribution < -0.4 is 10.5 Å². The second kappa shape index (κ2) is 6.95. The molecular weight excluding hydrogens is 234 g/mol. The van der Waals surface area contributed by atoms with Crippen LogP contribution >= 0.6 is 0 Å².